The van der Waals surface area contributed by atoms with Crippen molar-refractivity contribution in [2.45, 2.75) is 11.5 Å². The maximum absolute atomic E-state index is 12.2. The molecule has 0 aliphatic heterocycles. The first kappa shape index (κ1) is 10.7. The monoisotopic (exact) mass is 274 g/mol. The van der Waals surface area contributed by atoms with E-state index in [1.807, 2.05) is 0 Å². The topological polar surface area (TPSA) is 25.8 Å². The van der Waals surface area contributed by atoms with Crippen LogP contribution in [-0.4, -0.2) is 9.97 Å². The van der Waals surface area contributed by atoms with Gasteiger partial charge in [0.2, 0.25) is 5.28 Å². The summed E-state index contributed by atoms with van der Waals surface area (Å²) in [7, 11) is 0. The number of hydrogen-bond acceptors (Lipinski definition) is 2. The molecule has 1 aromatic rings. The summed E-state index contributed by atoms with van der Waals surface area (Å²) in [5.41, 5.74) is -1.03. The van der Waals surface area contributed by atoms with Gasteiger partial charge in [0.05, 0.1) is 0 Å². The van der Waals surface area contributed by atoms with Gasteiger partial charge in [-0.2, -0.15) is 13.2 Å². The van der Waals surface area contributed by atoms with Gasteiger partial charge in [-0.25, -0.2) is 9.97 Å². The van der Waals surface area contributed by atoms with E-state index in [9.17, 15) is 13.2 Å². The van der Waals surface area contributed by atoms with E-state index in [-0.39, 0.29) is 10.9 Å². The highest BCUT2D eigenvalue weighted by Crippen LogP contribution is 2.31. The third-order valence-corrected chi connectivity index (χ3v) is 2.03. The van der Waals surface area contributed by atoms with Gasteiger partial charge in [-0.05, 0) is 11.6 Å². The normalized spacial score (nSPS) is 11.8. The summed E-state index contributed by atoms with van der Waals surface area (Å²) in [5.74, 6) is 0. The maximum atomic E-state index is 12.2. The van der Waals surface area contributed by atoms with Crippen molar-refractivity contribution in [3.05, 3.63) is 22.7 Å². The van der Waals surface area contributed by atoms with E-state index in [1.165, 1.54) is 0 Å². The van der Waals surface area contributed by atoms with Gasteiger partial charge in [-0.1, -0.05) is 15.9 Å². The molecule has 0 fully saturated rings. The van der Waals surface area contributed by atoms with Crippen LogP contribution >= 0.6 is 27.5 Å². The Morgan fingerprint density at radius 3 is 2.54 bits per heavy atom. The zero-order valence-electron chi connectivity index (χ0n) is 6.07. The third-order valence-electron chi connectivity index (χ3n) is 1.25. The predicted molar refractivity (Wildman–Crippen MR) is 44.7 cm³/mol. The first-order chi connectivity index (χ1) is 5.95. The molecule has 0 unspecified atom stereocenters. The Morgan fingerprint density at radius 1 is 1.46 bits per heavy atom. The lowest BCUT2D eigenvalue weighted by atomic mass is 10.2. The van der Waals surface area contributed by atoms with Crippen molar-refractivity contribution in [2.24, 2.45) is 0 Å². The van der Waals surface area contributed by atoms with E-state index in [0.717, 1.165) is 6.20 Å². The van der Waals surface area contributed by atoms with Crippen molar-refractivity contribution in [1.82, 2.24) is 9.97 Å². The molecule has 2 nitrogen and oxygen atoms in total. The molecule has 0 saturated carbocycles. The fourth-order valence-electron chi connectivity index (χ4n) is 0.728. The Morgan fingerprint density at radius 2 is 2.08 bits per heavy atom. The van der Waals surface area contributed by atoms with Crippen molar-refractivity contribution >= 4 is 27.5 Å². The molecule has 0 amide bonds. The van der Waals surface area contributed by atoms with Crippen LogP contribution in [-0.2, 0) is 11.5 Å². The minimum absolute atomic E-state index is 0.0306. The highest BCUT2D eigenvalue weighted by atomic mass is 79.9. The molecule has 0 saturated heterocycles. The Bertz CT molecular complexity index is 315. The van der Waals surface area contributed by atoms with Gasteiger partial charge in [0, 0.05) is 17.1 Å². The van der Waals surface area contributed by atoms with Crippen LogP contribution in [0.15, 0.2) is 6.20 Å². The number of alkyl halides is 4. The van der Waals surface area contributed by atoms with Crippen LogP contribution in [0.2, 0.25) is 5.28 Å². The second-order valence-corrected chi connectivity index (χ2v) is 3.04. The quantitative estimate of drug-likeness (QED) is 0.581. The first-order valence-electron chi connectivity index (χ1n) is 3.09. The van der Waals surface area contributed by atoms with Crippen LogP contribution in [0.4, 0.5) is 13.2 Å². The molecule has 0 atom stereocenters. The Kier molecular flexibility index (Phi) is 3.13. The van der Waals surface area contributed by atoms with Gasteiger partial charge in [-0.15, -0.1) is 0 Å². The molecule has 0 aromatic carbocycles. The van der Waals surface area contributed by atoms with E-state index < -0.39 is 17.2 Å². The van der Waals surface area contributed by atoms with E-state index in [1.54, 1.807) is 0 Å². The Balaban J connectivity index is 3.24. The third kappa shape index (κ3) is 2.54. The van der Waals surface area contributed by atoms with Crippen LogP contribution in [0, 0.1) is 0 Å². The van der Waals surface area contributed by atoms with Gasteiger partial charge in [0.1, 0.15) is 0 Å². The first-order valence-corrected chi connectivity index (χ1v) is 4.59. The molecule has 72 valence electrons. The molecule has 1 heterocycles. The molecule has 0 spiro atoms. The zero-order valence-corrected chi connectivity index (χ0v) is 8.41. The van der Waals surface area contributed by atoms with Crippen LogP contribution in [0.1, 0.15) is 11.3 Å². The lowest BCUT2D eigenvalue weighted by molar-refractivity contribution is -0.141. The number of nitrogens with zero attached hydrogens (tertiary/aromatic N) is 2. The van der Waals surface area contributed by atoms with Crippen molar-refractivity contribution in [1.29, 1.82) is 0 Å². The number of aromatic nitrogens is 2. The molecule has 13 heavy (non-hydrogen) atoms. The molecule has 7 heteroatoms. The number of hydrogen-bond donors (Lipinski definition) is 0. The van der Waals surface area contributed by atoms with Crippen molar-refractivity contribution in [3.63, 3.8) is 0 Å². The molecule has 1 aromatic heterocycles. The largest absolute Gasteiger partial charge is 0.433 e. The van der Waals surface area contributed by atoms with E-state index in [0.29, 0.717) is 0 Å². The molecule has 0 aliphatic rings. The van der Waals surface area contributed by atoms with Gasteiger partial charge in [0.25, 0.3) is 0 Å². The van der Waals surface area contributed by atoms with E-state index in [2.05, 4.69) is 25.9 Å². The highest BCUT2D eigenvalue weighted by molar-refractivity contribution is 9.08. The maximum Gasteiger partial charge on any atom is 0.433 e. The lowest BCUT2D eigenvalue weighted by Gasteiger charge is -2.08. The summed E-state index contributed by atoms with van der Waals surface area (Å²) in [6, 6.07) is 0. The number of halogens is 5. The summed E-state index contributed by atoms with van der Waals surface area (Å²) >= 11 is 8.14. The molecular formula is C6H3BrClF3N2. The summed E-state index contributed by atoms with van der Waals surface area (Å²) in [4.78, 5) is 6.56. The predicted octanol–water partition coefficient (Wildman–Crippen LogP) is 3.04. The molecule has 1 rings (SSSR count). The Hall–Kier alpha value is -0.360. The molecule has 0 bridgehead atoms. The smallest absolute Gasteiger partial charge is 0.226 e. The van der Waals surface area contributed by atoms with E-state index >= 15 is 0 Å². The summed E-state index contributed by atoms with van der Waals surface area (Å²) < 4.78 is 36.7. The van der Waals surface area contributed by atoms with Crippen molar-refractivity contribution < 1.29 is 13.2 Å². The van der Waals surface area contributed by atoms with Crippen molar-refractivity contribution in [3.8, 4) is 0 Å². The standard InChI is InChI=1S/C6H3BrClF3N2/c7-1-3-2-12-5(8)13-4(3)6(9,10)11/h2H,1H2. The second kappa shape index (κ2) is 3.79. The second-order valence-electron chi connectivity index (χ2n) is 2.14. The minimum Gasteiger partial charge on any atom is -0.226 e. The summed E-state index contributed by atoms with van der Waals surface area (Å²) in [6.07, 6.45) is -3.44. The average molecular weight is 275 g/mol. The fraction of sp³-hybridized carbons (Fsp3) is 0.333. The van der Waals surface area contributed by atoms with Crippen LogP contribution in [0.25, 0.3) is 0 Å². The van der Waals surface area contributed by atoms with E-state index in [4.69, 9.17) is 11.6 Å². The van der Waals surface area contributed by atoms with Gasteiger partial charge >= 0.3 is 6.18 Å². The SMILES string of the molecule is FC(F)(F)c1nc(Cl)ncc1CBr. The summed E-state index contributed by atoms with van der Waals surface area (Å²) in [6.45, 7) is 0. The molecule has 0 radical (unpaired) electrons. The molecular weight excluding hydrogens is 272 g/mol. The lowest BCUT2D eigenvalue weighted by Crippen LogP contribution is -2.12. The Labute approximate surface area is 85.3 Å². The van der Waals surface area contributed by atoms with Crippen LogP contribution < -0.4 is 0 Å². The van der Waals surface area contributed by atoms with Gasteiger partial charge in [-0.3, -0.25) is 0 Å². The average Bonchev–Trinajstić information content (AvgIpc) is 2.03. The van der Waals surface area contributed by atoms with Crippen LogP contribution in [0.3, 0.4) is 0 Å². The number of rotatable bonds is 1. The molecule has 0 N–H and O–H groups in total. The fourth-order valence-corrected chi connectivity index (χ4v) is 1.27. The van der Waals surface area contributed by atoms with Crippen molar-refractivity contribution in [2.75, 3.05) is 0 Å². The van der Waals surface area contributed by atoms with Gasteiger partial charge < -0.3 is 0 Å². The minimum atomic E-state index is -4.49. The highest BCUT2D eigenvalue weighted by Gasteiger charge is 2.35. The molecule has 0 aliphatic carbocycles. The van der Waals surface area contributed by atoms with Gasteiger partial charge in [0.15, 0.2) is 5.69 Å². The zero-order chi connectivity index (χ0) is 10.1. The van der Waals surface area contributed by atoms with Crippen LogP contribution in [0.5, 0.6) is 0 Å². The summed E-state index contributed by atoms with van der Waals surface area (Å²) in [5, 5.41) is -0.365.